The van der Waals surface area contributed by atoms with E-state index in [9.17, 15) is 4.79 Å². The summed E-state index contributed by atoms with van der Waals surface area (Å²) in [6.07, 6.45) is 0.827. The molecule has 2 heterocycles. The molecule has 2 amide bonds. The molecule has 1 saturated heterocycles. The molecule has 2 aromatic carbocycles. The normalized spacial score (nSPS) is 16.2. The summed E-state index contributed by atoms with van der Waals surface area (Å²) in [6.45, 7) is 3.85. The smallest absolute Gasteiger partial charge is 0.317 e. The lowest BCUT2D eigenvalue weighted by molar-refractivity contribution is 0.187. The Morgan fingerprint density at radius 3 is 2.71 bits per heavy atom. The Hall–Kier alpha value is -3.35. The third kappa shape index (κ3) is 3.98. The molecule has 3 aromatic rings. The van der Waals surface area contributed by atoms with Crippen LogP contribution in [0.1, 0.15) is 13.3 Å². The first-order valence-corrected chi connectivity index (χ1v) is 9.42. The SMILES string of the molecule is CCNC(=O)N1CCC(Oc2ccc(-c3noc(-c4ccccc4)n3)cc2)C1. The molecule has 1 aromatic heterocycles. The van der Waals surface area contributed by atoms with Crippen LogP contribution in [0.5, 0.6) is 5.75 Å². The standard InChI is InChI=1S/C21H22N4O3/c1-2-22-21(26)25-13-12-18(14-25)27-17-10-8-15(9-11-17)19-23-20(28-24-19)16-6-4-3-5-7-16/h3-11,18H,2,12-14H2,1H3,(H,22,26). The van der Waals surface area contributed by atoms with Crippen molar-refractivity contribution in [2.24, 2.45) is 0 Å². The van der Waals surface area contributed by atoms with Crippen LogP contribution in [0.4, 0.5) is 4.79 Å². The van der Waals surface area contributed by atoms with Crippen molar-refractivity contribution >= 4 is 6.03 Å². The summed E-state index contributed by atoms with van der Waals surface area (Å²) in [7, 11) is 0. The minimum Gasteiger partial charge on any atom is -0.489 e. The Balaban J connectivity index is 1.38. The van der Waals surface area contributed by atoms with E-state index in [0.717, 1.165) is 23.3 Å². The zero-order chi connectivity index (χ0) is 19.3. The second-order valence-corrected chi connectivity index (χ2v) is 6.62. The van der Waals surface area contributed by atoms with Gasteiger partial charge in [0.1, 0.15) is 11.9 Å². The molecule has 1 N–H and O–H groups in total. The van der Waals surface area contributed by atoms with Crippen molar-refractivity contribution in [3.05, 3.63) is 54.6 Å². The van der Waals surface area contributed by atoms with Gasteiger partial charge in [0, 0.05) is 30.6 Å². The van der Waals surface area contributed by atoms with Crippen molar-refractivity contribution in [3.8, 4) is 28.6 Å². The summed E-state index contributed by atoms with van der Waals surface area (Å²) in [6, 6.07) is 17.2. The monoisotopic (exact) mass is 378 g/mol. The number of ether oxygens (including phenoxy) is 1. The quantitative estimate of drug-likeness (QED) is 0.734. The Bertz CT molecular complexity index is 924. The zero-order valence-corrected chi connectivity index (χ0v) is 15.7. The number of nitrogens with one attached hydrogen (secondary N) is 1. The van der Waals surface area contributed by atoms with Gasteiger partial charge in [-0.3, -0.25) is 0 Å². The van der Waals surface area contributed by atoms with E-state index >= 15 is 0 Å². The van der Waals surface area contributed by atoms with Gasteiger partial charge in [0.05, 0.1) is 6.54 Å². The number of hydrogen-bond acceptors (Lipinski definition) is 5. The van der Waals surface area contributed by atoms with Crippen molar-refractivity contribution < 1.29 is 14.1 Å². The summed E-state index contributed by atoms with van der Waals surface area (Å²) < 4.78 is 11.4. The highest BCUT2D eigenvalue weighted by atomic mass is 16.5. The third-order valence-corrected chi connectivity index (χ3v) is 4.62. The third-order valence-electron chi connectivity index (χ3n) is 4.62. The second-order valence-electron chi connectivity index (χ2n) is 6.62. The molecule has 1 atom stereocenters. The summed E-state index contributed by atoms with van der Waals surface area (Å²) >= 11 is 0. The van der Waals surface area contributed by atoms with E-state index in [2.05, 4.69) is 15.5 Å². The Morgan fingerprint density at radius 2 is 1.96 bits per heavy atom. The number of rotatable bonds is 5. The number of amides is 2. The minimum absolute atomic E-state index is 0.00307. The molecule has 7 heteroatoms. The van der Waals surface area contributed by atoms with Crippen LogP contribution in [0.2, 0.25) is 0 Å². The lowest BCUT2D eigenvalue weighted by Gasteiger charge is -2.17. The van der Waals surface area contributed by atoms with Gasteiger partial charge >= 0.3 is 6.03 Å². The van der Waals surface area contributed by atoms with Crippen molar-refractivity contribution in [2.45, 2.75) is 19.4 Å². The first kappa shape index (κ1) is 18.0. The van der Waals surface area contributed by atoms with E-state index in [0.29, 0.717) is 31.3 Å². The van der Waals surface area contributed by atoms with E-state index < -0.39 is 0 Å². The van der Waals surface area contributed by atoms with Crippen molar-refractivity contribution in [2.75, 3.05) is 19.6 Å². The molecule has 28 heavy (non-hydrogen) atoms. The van der Waals surface area contributed by atoms with Gasteiger partial charge in [0.2, 0.25) is 5.82 Å². The van der Waals surface area contributed by atoms with Crippen LogP contribution in [0.25, 0.3) is 22.8 Å². The highest BCUT2D eigenvalue weighted by Crippen LogP contribution is 2.25. The van der Waals surface area contributed by atoms with Crippen molar-refractivity contribution in [3.63, 3.8) is 0 Å². The maximum absolute atomic E-state index is 11.9. The van der Waals surface area contributed by atoms with Gasteiger partial charge < -0.3 is 19.5 Å². The molecule has 1 aliphatic heterocycles. The predicted octanol–water partition coefficient (Wildman–Crippen LogP) is 3.59. The lowest BCUT2D eigenvalue weighted by atomic mass is 10.2. The van der Waals surface area contributed by atoms with Gasteiger partial charge in [0.25, 0.3) is 5.89 Å². The van der Waals surface area contributed by atoms with Crippen LogP contribution in [-0.2, 0) is 0 Å². The Morgan fingerprint density at radius 1 is 1.18 bits per heavy atom. The molecular weight excluding hydrogens is 356 g/mol. The summed E-state index contributed by atoms with van der Waals surface area (Å²) in [5.41, 5.74) is 1.74. The van der Waals surface area contributed by atoms with E-state index in [1.54, 1.807) is 4.90 Å². The van der Waals surface area contributed by atoms with Gasteiger partial charge in [-0.25, -0.2) is 4.79 Å². The average molecular weight is 378 g/mol. The lowest BCUT2D eigenvalue weighted by Crippen LogP contribution is -2.39. The van der Waals surface area contributed by atoms with Crippen LogP contribution in [-0.4, -0.2) is 46.8 Å². The maximum Gasteiger partial charge on any atom is 0.317 e. The first-order valence-electron chi connectivity index (χ1n) is 9.42. The van der Waals surface area contributed by atoms with Crippen molar-refractivity contribution in [1.82, 2.24) is 20.4 Å². The molecule has 1 aliphatic rings. The van der Waals surface area contributed by atoms with Crippen molar-refractivity contribution in [1.29, 1.82) is 0 Å². The first-order chi connectivity index (χ1) is 13.7. The molecule has 4 rings (SSSR count). The average Bonchev–Trinajstić information content (AvgIpc) is 3.40. The number of nitrogens with zero attached hydrogens (tertiary/aromatic N) is 3. The summed E-state index contributed by atoms with van der Waals surface area (Å²) in [5, 5.41) is 6.88. The number of aromatic nitrogens is 2. The number of hydrogen-bond donors (Lipinski definition) is 1. The molecule has 144 valence electrons. The molecule has 0 spiro atoms. The van der Waals surface area contributed by atoms with E-state index in [1.165, 1.54) is 0 Å². The second kappa shape index (κ2) is 8.12. The predicted molar refractivity (Wildman–Crippen MR) is 105 cm³/mol. The van der Waals surface area contributed by atoms with Crippen LogP contribution < -0.4 is 10.1 Å². The fraction of sp³-hybridized carbons (Fsp3) is 0.286. The number of likely N-dealkylation sites (tertiary alicyclic amines) is 1. The van der Waals surface area contributed by atoms with Gasteiger partial charge in [-0.15, -0.1) is 0 Å². The maximum atomic E-state index is 11.9. The van der Waals surface area contributed by atoms with Gasteiger partial charge in [-0.2, -0.15) is 4.98 Å². The topological polar surface area (TPSA) is 80.5 Å². The fourth-order valence-electron chi connectivity index (χ4n) is 3.19. The summed E-state index contributed by atoms with van der Waals surface area (Å²) in [4.78, 5) is 18.1. The number of carbonyl (C=O) groups is 1. The Labute approximate surface area is 163 Å². The van der Waals surface area contributed by atoms with Crippen LogP contribution >= 0.6 is 0 Å². The number of urea groups is 1. The minimum atomic E-state index is -0.0322. The molecular formula is C21H22N4O3. The molecule has 7 nitrogen and oxygen atoms in total. The molecule has 0 bridgehead atoms. The number of benzene rings is 2. The van der Waals surface area contributed by atoms with E-state index in [4.69, 9.17) is 9.26 Å². The van der Waals surface area contributed by atoms with Crippen LogP contribution in [0.3, 0.4) is 0 Å². The molecule has 1 unspecified atom stereocenters. The molecule has 1 fully saturated rings. The van der Waals surface area contributed by atoms with Crippen LogP contribution in [0.15, 0.2) is 59.1 Å². The van der Waals surface area contributed by atoms with E-state index in [1.807, 2.05) is 61.5 Å². The summed E-state index contributed by atoms with van der Waals surface area (Å²) in [5.74, 6) is 1.79. The van der Waals surface area contributed by atoms with Gasteiger partial charge in [-0.05, 0) is 43.3 Å². The highest BCUT2D eigenvalue weighted by molar-refractivity contribution is 5.74. The molecule has 0 radical (unpaired) electrons. The highest BCUT2D eigenvalue weighted by Gasteiger charge is 2.27. The zero-order valence-electron chi connectivity index (χ0n) is 15.7. The van der Waals surface area contributed by atoms with Crippen LogP contribution in [0, 0.1) is 0 Å². The Kier molecular flexibility index (Phi) is 5.23. The molecule has 0 saturated carbocycles. The van der Waals surface area contributed by atoms with Gasteiger partial charge in [0.15, 0.2) is 0 Å². The van der Waals surface area contributed by atoms with E-state index in [-0.39, 0.29) is 12.1 Å². The largest absolute Gasteiger partial charge is 0.489 e. The van der Waals surface area contributed by atoms with Gasteiger partial charge in [-0.1, -0.05) is 23.4 Å². The fourth-order valence-corrected chi connectivity index (χ4v) is 3.19. The number of carbonyl (C=O) groups excluding carboxylic acids is 1. The molecule has 0 aliphatic carbocycles.